The van der Waals surface area contributed by atoms with Gasteiger partial charge in [-0.1, -0.05) is 6.08 Å². The van der Waals surface area contributed by atoms with E-state index < -0.39 is 10.0 Å². The lowest BCUT2D eigenvalue weighted by molar-refractivity contribution is 0.138. The maximum Gasteiger partial charge on any atom is 0.225 e. The van der Waals surface area contributed by atoms with Crippen LogP contribution in [0.1, 0.15) is 54.8 Å². The summed E-state index contributed by atoms with van der Waals surface area (Å²) in [6.45, 7) is 2.83. The molecule has 2 aromatic heterocycles. The zero-order valence-corrected chi connectivity index (χ0v) is 20.4. The Morgan fingerprint density at radius 1 is 1.00 bits per heavy atom. The summed E-state index contributed by atoms with van der Waals surface area (Å²) in [6.07, 6.45) is 15.6. The standard InChI is InChI=1S/C25H31N5O3S/c1-34(31,32)30-10-6-18(7-11-30)22-12-20-13-23(33-24(20)16-26-22)19-4-8-29(9-5-19)25-27-14-21(15-28-25)17-2-3-17/h6,12,14-17,19,23H,2-5,7-11,13H2,1H3/t23-/m0/s1. The molecule has 3 aliphatic heterocycles. The first-order valence-electron chi connectivity index (χ1n) is 12.3. The molecule has 34 heavy (non-hydrogen) atoms. The van der Waals surface area contributed by atoms with Crippen molar-refractivity contribution in [1.82, 2.24) is 19.3 Å². The van der Waals surface area contributed by atoms with Crippen LogP contribution in [0, 0.1) is 5.92 Å². The first-order chi connectivity index (χ1) is 16.4. The molecule has 1 saturated heterocycles. The molecule has 8 nitrogen and oxygen atoms in total. The highest BCUT2D eigenvalue weighted by atomic mass is 32.2. The van der Waals surface area contributed by atoms with Crippen LogP contribution in [-0.4, -0.2) is 66.2 Å². The summed E-state index contributed by atoms with van der Waals surface area (Å²) in [4.78, 5) is 16.2. The minimum atomic E-state index is -3.15. The largest absolute Gasteiger partial charge is 0.488 e. The Hall–Kier alpha value is -2.52. The molecule has 1 saturated carbocycles. The van der Waals surface area contributed by atoms with Crippen molar-refractivity contribution in [3.05, 3.63) is 47.6 Å². The summed E-state index contributed by atoms with van der Waals surface area (Å²) in [6, 6.07) is 2.14. The van der Waals surface area contributed by atoms with Crippen LogP contribution in [0.15, 0.2) is 30.7 Å². The summed E-state index contributed by atoms with van der Waals surface area (Å²) in [5.74, 6) is 2.94. The topological polar surface area (TPSA) is 88.5 Å². The third-order valence-corrected chi connectivity index (χ3v) is 8.94. The van der Waals surface area contributed by atoms with Gasteiger partial charge >= 0.3 is 0 Å². The number of fused-ring (bicyclic) bond motifs is 1. The molecule has 1 atom stereocenters. The number of hydrogen-bond acceptors (Lipinski definition) is 7. The van der Waals surface area contributed by atoms with E-state index in [1.54, 1.807) is 0 Å². The summed E-state index contributed by atoms with van der Waals surface area (Å²) in [5.41, 5.74) is 4.55. The van der Waals surface area contributed by atoms with E-state index in [-0.39, 0.29) is 6.10 Å². The minimum Gasteiger partial charge on any atom is -0.488 e. The zero-order chi connectivity index (χ0) is 23.3. The molecule has 0 N–H and O–H groups in total. The van der Waals surface area contributed by atoms with Crippen LogP contribution < -0.4 is 9.64 Å². The Labute approximate surface area is 201 Å². The first-order valence-corrected chi connectivity index (χ1v) is 14.2. The van der Waals surface area contributed by atoms with Gasteiger partial charge in [-0.3, -0.25) is 4.98 Å². The molecule has 0 radical (unpaired) electrons. The molecule has 5 heterocycles. The molecule has 9 heteroatoms. The molecule has 2 aromatic rings. The average molecular weight is 482 g/mol. The molecule has 1 aliphatic carbocycles. The molecule has 4 aliphatic rings. The molecule has 180 valence electrons. The van der Waals surface area contributed by atoms with Gasteiger partial charge in [0.1, 0.15) is 11.9 Å². The molecule has 2 fully saturated rings. The lowest BCUT2D eigenvalue weighted by atomic mass is 9.89. The van der Waals surface area contributed by atoms with Gasteiger partial charge in [-0.2, -0.15) is 4.31 Å². The van der Waals surface area contributed by atoms with Crippen LogP contribution in [0.4, 0.5) is 5.95 Å². The molecule has 0 aromatic carbocycles. The van der Waals surface area contributed by atoms with Crippen LogP contribution in [0.25, 0.3) is 5.57 Å². The SMILES string of the molecule is CS(=O)(=O)N1CC=C(c2cc3c(cn2)O[C@H](C2CCN(c4ncc(C5CC5)cn4)CC2)C3)CC1. The van der Waals surface area contributed by atoms with Crippen LogP contribution in [0.3, 0.4) is 0 Å². The maximum atomic E-state index is 11.8. The molecule has 0 unspecified atom stereocenters. The summed E-state index contributed by atoms with van der Waals surface area (Å²) in [7, 11) is -3.15. The van der Waals surface area contributed by atoms with Crippen LogP contribution >= 0.6 is 0 Å². The zero-order valence-electron chi connectivity index (χ0n) is 19.6. The average Bonchev–Trinajstić information content (AvgIpc) is 3.62. The molecular weight excluding hydrogens is 450 g/mol. The Kier molecular flexibility index (Phi) is 5.56. The molecule has 0 bridgehead atoms. The number of rotatable bonds is 5. The lowest BCUT2D eigenvalue weighted by Gasteiger charge is -2.34. The van der Waals surface area contributed by atoms with Crippen molar-refractivity contribution >= 4 is 21.5 Å². The molecule has 0 spiro atoms. The fourth-order valence-electron chi connectivity index (χ4n) is 5.39. The Balaban J connectivity index is 1.06. The highest BCUT2D eigenvalue weighted by Gasteiger charge is 2.34. The van der Waals surface area contributed by atoms with Gasteiger partial charge in [-0.25, -0.2) is 18.4 Å². The van der Waals surface area contributed by atoms with Crippen molar-refractivity contribution in [3.8, 4) is 5.75 Å². The van der Waals surface area contributed by atoms with Crippen molar-refractivity contribution < 1.29 is 13.2 Å². The highest BCUT2D eigenvalue weighted by molar-refractivity contribution is 7.88. The van der Waals surface area contributed by atoms with Crippen molar-refractivity contribution in [2.75, 3.05) is 37.3 Å². The van der Waals surface area contributed by atoms with E-state index in [4.69, 9.17) is 4.74 Å². The maximum absolute atomic E-state index is 11.8. The third-order valence-electron chi connectivity index (χ3n) is 7.67. The van der Waals surface area contributed by atoms with Crippen LogP contribution in [0.2, 0.25) is 0 Å². The quantitative estimate of drug-likeness (QED) is 0.649. The number of aromatic nitrogens is 3. The molecular formula is C25H31N5O3S. The van der Waals surface area contributed by atoms with E-state index in [9.17, 15) is 8.42 Å². The van der Waals surface area contributed by atoms with Gasteiger partial charge in [-0.15, -0.1) is 0 Å². The number of anilines is 1. The smallest absolute Gasteiger partial charge is 0.225 e. The van der Waals surface area contributed by atoms with E-state index in [1.807, 2.05) is 24.7 Å². The summed E-state index contributed by atoms with van der Waals surface area (Å²) >= 11 is 0. The summed E-state index contributed by atoms with van der Waals surface area (Å²) in [5, 5.41) is 0. The molecule has 6 rings (SSSR count). The Morgan fingerprint density at radius 2 is 1.76 bits per heavy atom. The van der Waals surface area contributed by atoms with E-state index in [2.05, 4.69) is 25.9 Å². The molecule has 0 amide bonds. The van der Waals surface area contributed by atoms with E-state index in [1.165, 1.54) is 34.5 Å². The van der Waals surface area contributed by atoms with Gasteiger partial charge in [0.2, 0.25) is 16.0 Å². The van der Waals surface area contributed by atoms with E-state index >= 15 is 0 Å². The number of piperidine rings is 1. The van der Waals surface area contributed by atoms with Gasteiger partial charge in [0.05, 0.1) is 18.1 Å². The van der Waals surface area contributed by atoms with Crippen LogP contribution in [0.5, 0.6) is 5.75 Å². The predicted molar refractivity (Wildman–Crippen MR) is 130 cm³/mol. The van der Waals surface area contributed by atoms with Gasteiger partial charge in [0.25, 0.3) is 0 Å². The van der Waals surface area contributed by atoms with Crippen molar-refractivity contribution in [3.63, 3.8) is 0 Å². The highest BCUT2D eigenvalue weighted by Crippen LogP contribution is 2.40. The predicted octanol–water partition coefficient (Wildman–Crippen LogP) is 3.02. The number of pyridine rings is 1. The fourth-order valence-corrected chi connectivity index (χ4v) is 6.16. The van der Waals surface area contributed by atoms with Gasteiger partial charge in [-0.05, 0) is 61.1 Å². The first kappa shape index (κ1) is 22.0. The second-order valence-corrected chi connectivity index (χ2v) is 12.0. The Morgan fingerprint density at radius 3 is 2.41 bits per heavy atom. The normalized spacial score (nSPS) is 24.0. The van der Waals surface area contributed by atoms with Crippen molar-refractivity contribution in [2.24, 2.45) is 5.92 Å². The minimum absolute atomic E-state index is 0.188. The van der Waals surface area contributed by atoms with Crippen molar-refractivity contribution in [2.45, 2.75) is 50.5 Å². The fraction of sp³-hybridized carbons (Fsp3) is 0.560. The third kappa shape index (κ3) is 4.43. The van der Waals surface area contributed by atoms with Gasteiger partial charge in [0, 0.05) is 50.6 Å². The second-order valence-electron chi connectivity index (χ2n) is 10.1. The summed E-state index contributed by atoms with van der Waals surface area (Å²) < 4.78 is 31.4. The number of hydrogen-bond donors (Lipinski definition) is 0. The van der Waals surface area contributed by atoms with Crippen LogP contribution in [-0.2, 0) is 16.4 Å². The number of nitrogens with zero attached hydrogens (tertiary/aromatic N) is 5. The van der Waals surface area contributed by atoms with Crippen molar-refractivity contribution in [1.29, 1.82) is 0 Å². The van der Waals surface area contributed by atoms with E-state index in [0.717, 1.165) is 55.3 Å². The van der Waals surface area contributed by atoms with Gasteiger partial charge in [0.15, 0.2) is 0 Å². The number of sulfonamides is 1. The van der Waals surface area contributed by atoms with E-state index in [0.29, 0.717) is 31.3 Å². The Bertz CT molecular complexity index is 1200. The van der Waals surface area contributed by atoms with Gasteiger partial charge < -0.3 is 9.64 Å². The monoisotopic (exact) mass is 481 g/mol. The second kappa shape index (κ2) is 8.61. The number of ether oxygens (including phenoxy) is 1. The lowest BCUT2D eigenvalue weighted by Crippen LogP contribution is -2.40.